The van der Waals surface area contributed by atoms with Gasteiger partial charge in [-0.15, -0.1) is 0 Å². The van der Waals surface area contributed by atoms with Gasteiger partial charge in [0.1, 0.15) is 6.10 Å². The van der Waals surface area contributed by atoms with E-state index in [0.29, 0.717) is 18.7 Å². The summed E-state index contributed by atoms with van der Waals surface area (Å²) in [4.78, 5) is 14.1. The minimum absolute atomic E-state index is 0.00634. The second-order valence-electron chi connectivity index (χ2n) is 2.46. The smallest absolute Gasteiger partial charge is 0.290 e. The largest absolute Gasteiger partial charge is 0.370 e. The van der Waals surface area contributed by atoms with Gasteiger partial charge in [-0.1, -0.05) is 12.1 Å². The number of hydrogen-bond donors (Lipinski definition) is 0. The van der Waals surface area contributed by atoms with Crippen LogP contribution in [0.1, 0.15) is 42.9 Å². The van der Waals surface area contributed by atoms with Gasteiger partial charge in [0.2, 0.25) is 12.1 Å². The average Bonchev–Trinajstić information content (AvgIpc) is 2.62. The van der Waals surface area contributed by atoms with Crippen molar-refractivity contribution in [1.29, 1.82) is 0 Å². The molecule has 0 saturated heterocycles. The van der Waals surface area contributed by atoms with Crippen molar-refractivity contribution in [2.24, 2.45) is 0 Å². The van der Waals surface area contributed by atoms with Crippen molar-refractivity contribution in [2.75, 3.05) is 6.61 Å². The summed E-state index contributed by atoms with van der Waals surface area (Å²) in [5.41, 5.74) is 0. The Morgan fingerprint density at radius 1 is 1.62 bits per heavy atom. The van der Waals surface area contributed by atoms with Gasteiger partial charge in [0.25, 0.3) is 5.89 Å². The lowest BCUT2D eigenvalue weighted by Gasteiger charge is -2.08. The van der Waals surface area contributed by atoms with Crippen LogP contribution in [-0.2, 0) is 4.74 Å². The highest BCUT2D eigenvalue weighted by Crippen LogP contribution is 2.16. The molecule has 1 heterocycles. The molecular formula is C8H12N2O3. The highest BCUT2D eigenvalue weighted by atomic mass is 16.5. The number of carbonyl (C=O) groups excluding carboxylic acids is 1. The summed E-state index contributed by atoms with van der Waals surface area (Å²) in [6, 6.07) is 0. The number of carbonyl (C=O) groups is 1. The van der Waals surface area contributed by atoms with Crippen LogP contribution in [-0.4, -0.2) is 23.0 Å². The number of hydrogen-bond acceptors (Lipinski definition) is 5. The molecule has 13 heavy (non-hydrogen) atoms. The third kappa shape index (κ3) is 2.35. The lowest BCUT2D eigenvalue weighted by Crippen LogP contribution is -2.04. The molecule has 1 aromatic rings. The van der Waals surface area contributed by atoms with Crippen LogP contribution in [0.3, 0.4) is 0 Å². The van der Waals surface area contributed by atoms with Gasteiger partial charge >= 0.3 is 0 Å². The van der Waals surface area contributed by atoms with E-state index in [1.54, 1.807) is 0 Å². The third-order valence-electron chi connectivity index (χ3n) is 1.58. The third-order valence-corrected chi connectivity index (χ3v) is 1.58. The van der Waals surface area contributed by atoms with E-state index in [9.17, 15) is 4.79 Å². The maximum absolute atomic E-state index is 10.3. The Kier molecular flexibility index (Phi) is 3.57. The molecule has 5 nitrogen and oxygen atoms in total. The van der Waals surface area contributed by atoms with E-state index < -0.39 is 0 Å². The van der Waals surface area contributed by atoms with Crippen LogP contribution in [0.4, 0.5) is 0 Å². The van der Waals surface area contributed by atoms with E-state index in [1.807, 2.05) is 13.8 Å². The van der Waals surface area contributed by atoms with Crippen molar-refractivity contribution in [2.45, 2.75) is 26.4 Å². The molecule has 0 spiro atoms. The van der Waals surface area contributed by atoms with Crippen molar-refractivity contribution in [3.8, 4) is 0 Å². The van der Waals surface area contributed by atoms with Gasteiger partial charge in [-0.25, -0.2) is 0 Å². The summed E-state index contributed by atoms with van der Waals surface area (Å²) in [7, 11) is 0. The zero-order valence-corrected chi connectivity index (χ0v) is 7.69. The summed E-state index contributed by atoms with van der Waals surface area (Å²) in [5.74, 6) is 0.430. The minimum Gasteiger partial charge on any atom is -0.370 e. The molecule has 0 aliphatic heterocycles. The Balaban J connectivity index is 2.72. The first-order valence-electron chi connectivity index (χ1n) is 4.22. The van der Waals surface area contributed by atoms with Gasteiger partial charge < -0.3 is 9.26 Å². The Morgan fingerprint density at radius 2 is 2.38 bits per heavy atom. The van der Waals surface area contributed by atoms with Crippen LogP contribution in [0.5, 0.6) is 0 Å². The normalized spacial score (nSPS) is 12.8. The topological polar surface area (TPSA) is 65.2 Å². The first-order valence-corrected chi connectivity index (χ1v) is 4.22. The molecule has 5 heteroatoms. The average molecular weight is 184 g/mol. The van der Waals surface area contributed by atoms with Crippen LogP contribution in [0.15, 0.2) is 4.52 Å². The number of aromatic nitrogens is 2. The molecule has 0 fully saturated rings. The summed E-state index contributed by atoms with van der Waals surface area (Å²) in [5, 5.41) is 3.63. The van der Waals surface area contributed by atoms with Crippen molar-refractivity contribution in [3.63, 3.8) is 0 Å². The molecule has 0 radical (unpaired) electrons. The molecule has 0 N–H and O–H groups in total. The molecule has 1 rings (SSSR count). The van der Waals surface area contributed by atoms with Gasteiger partial charge in [0.05, 0.1) is 0 Å². The lowest BCUT2D eigenvalue weighted by molar-refractivity contribution is 0.0518. The van der Waals surface area contributed by atoms with E-state index >= 15 is 0 Å². The van der Waals surface area contributed by atoms with E-state index in [0.717, 1.165) is 6.42 Å². The first-order chi connectivity index (χ1) is 6.31. The first kappa shape index (κ1) is 9.85. The van der Waals surface area contributed by atoms with Crippen LogP contribution in [0.2, 0.25) is 0 Å². The highest BCUT2D eigenvalue weighted by Gasteiger charge is 2.15. The second-order valence-corrected chi connectivity index (χ2v) is 2.46. The zero-order valence-electron chi connectivity index (χ0n) is 7.69. The van der Waals surface area contributed by atoms with Crippen LogP contribution >= 0.6 is 0 Å². The molecule has 0 saturated carbocycles. The molecule has 0 bridgehead atoms. The number of ether oxygens (including phenoxy) is 1. The Hall–Kier alpha value is -1.23. The second kappa shape index (κ2) is 4.71. The number of nitrogens with zero attached hydrogens (tertiary/aromatic N) is 2. The van der Waals surface area contributed by atoms with E-state index in [1.165, 1.54) is 0 Å². The fourth-order valence-electron chi connectivity index (χ4n) is 1.00. The molecule has 0 aromatic carbocycles. The fraction of sp³-hybridized carbons (Fsp3) is 0.625. The molecular weight excluding hydrogens is 172 g/mol. The minimum atomic E-state index is -0.178. The maximum Gasteiger partial charge on any atom is 0.290 e. The predicted molar refractivity (Wildman–Crippen MR) is 44.3 cm³/mol. The number of rotatable bonds is 5. The van der Waals surface area contributed by atoms with Crippen LogP contribution in [0, 0.1) is 0 Å². The summed E-state index contributed by atoms with van der Waals surface area (Å²) < 4.78 is 9.97. The van der Waals surface area contributed by atoms with Crippen LogP contribution in [0.25, 0.3) is 0 Å². The molecule has 1 unspecified atom stereocenters. The monoisotopic (exact) mass is 184 g/mol. The van der Waals surface area contributed by atoms with Gasteiger partial charge in [-0.05, 0) is 13.3 Å². The number of aldehydes is 1. The highest BCUT2D eigenvalue weighted by molar-refractivity contribution is 5.66. The molecule has 0 aliphatic rings. The van der Waals surface area contributed by atoms with E-state index in [4.69, 9.17) is 4.74 Å². The Bertz CT molecular complexity index is 272. The Labute approximate surface area is 76.1 Å². The standard InChI is InChI=1S/C8H12N2O3/c1-3-6(12-4-2)8-9-7(5-11)13-10-8/h5-6H,3-4H2,1-2H3. The summed E-state index contributed by atoms with van der Waals surface area (Å²) in [6.07, 6.45) is 1.10. The lowest BCUT2D eigenvalue weighted by atomic mass is 10.2. The van der Waals surface area contributed by atoms with Crippen molar-refractivity contribution >= 4 is 6.29 Å². The maximum atomic E-state index is 10.3. The molecule has 0 aliphatic carbocycles. The van der Waals surface area contributed by atoms with Gasteiger partial charge in [0, 0.05) is 6.61 Å². The van der Waals surface area contributed by atoms with Crippen molar-refractivity contribution < 1.29 is 14.1 Å². The van der Waals surface area contributed by atoms with Crippen molar-refractivity contribution in [3.05, 3.63) is 11.7 Å². The SMILES string of the molecule is CCOC(CC)c1noc(C=O)n1. The summed E-state index contributed by atoms with van der Waals surface area (Å²) >= 11 is 0. The van der Waals surface area contributed by atoms with Gasteiger partial charge in [-0.2, -0.15) is 4.98 Å². The van der Waals surface area contributed by atoms with E-state index in [2.05, 4.69) is 14.7 Å². The zero-order chi connectivity index (χ0) is 9.68. The molecule has 0 amide bonds. The van der Waals surface area contributed by atoms with Gasteiger partial charge in [-0.3, -0.25) is 4.79 Å². The van der Waals surface area contributed by atoms with E-state index in [-0.39, 0.29) is 12.0 Å². The fourth-order valence-corrected chi connectivity index (χ4v) is 1.00. The molecule has 1 aromatic heterocycles. The Morgan fingerprint density at radius 3 is 2.85 bits per heavy atom. The predicted octanol–water partition coefficient (Wildman–Crippen LogP) is 1.37. The van der Waals surface area contributed by atoms with Crippen LogP contribution < -0.4 is 0 Å². The summed E-state index contributed by atoms with van der Waals surface area (Å²) in [6.45, 7) is 4.43. The van der Waals surface area contributed by atoms with Gasteiger partial charge in [0.15, 0.2) is 0 Å². The quantitative estimate of drug-likeness (QED) is 0.646. The molecule has 72 valence electrons. The molecule has 1 atom stereocenters. The van der Waals surface area contributed by atoms with Crippen molar-refractivity contribution in [1.82, 2.24) is 10.1 Å².